The summed E-state index contributed by atoms with van der Waals surface area (Å²) >= 11 is 0. The number of hydrogen-bond acceptors (Lipinski definition) is 2. The molecular formula is C10H6NO2. The molecule has 1 rings (SSSR count). The van der Waals surface area contributed by atoms with Gasteiger partial charge in [0.1, 0.15) is 5.56 Å². The van der Waals surface area contributed by atoms with Crippen LogP contribution < -0.4 is 0 Å². The normalized spacial score (nSPS) is 8.85. The molecule has 1 aromatic carbocycles. The number of terminal acetylenes is 1. The number of benzene rings is 1. The minimum absolute atomic E-state index is 0.0869. The Morgan fingerprint density at radius 1 is 1.54 bits per heavy atom. The number of rotatable bonds is 2. The zero-order valence-electron chi connectivity index (χ0n) is 6.78. The highest BCUT2D eigenvalue weighted by Gasteiger charge is 2.13. The van der Waals surface area contributed by atoms with Gasteiger partial charge in [-0.1, -0.05) is 24.6 Å². The third-order valence-electron chi connectivity index (χ3n) is 1.57. The van der Waals surface area contributed by atoms with Crippen LogP contribution in [0.5, 0.6) is 0 Å². The largest absolute Gasteiger partial charge is 0.285 e. The highest BCUT2D eigenvalue weighted by atomic mass is 16.6. The highest BCUT2D eigenvalue weighted by molar-refractivity contribution is 5.56. The maximum atomic E-state index is 10.5. The number of hydrogen-bond donors (Lipinski definition) is 0. The van der Waals surface area contributed by atoms with Crippen LogP contribution in [0, 0.1) is 28.5 Å². The summed E-state index contributed by atoms with van der Waals surface area (Å²) < 4.78 is 0. The van der Waals surface area contributed by atoms with Gasteiger partial charge in [0.15, 0.2) is 0 Å². The molecule has 1 radical (unpaired) electrons. The van der Waals surface area contributed by atoms with Crippen LogP contribution in [-0.4, -0.2) is 4.92 Å². The fraction of sp³-hybridized carbons (Fsp3) is 0. The van der Waals surface area contributed by atoms with Crippen molar-refractivity contribution in [1.82, 2.24) is 0 Å². The SMILES string of the molecule is C#Cc1c([C]=C)cccc1[N+](=O)[O-]. The predicted octanol–water partition coefficient (Wildman–Crippen LogP) is 1.91. The molecule has 0 aliphatic rings. The van der Waals surface area contributed by atoms with E-state index in [-0.39, 0.29) is 11.3 Å². The second-order valence-corrected chi connectivity index (χ2v) is 2.28. The first-order chi connectivity index (χ1) is 6.20. The van der Waals surface area contributed by atoms with Gasteiger partial charge < -0.3 is 0 Å². The Morgan fingerprint density at radius 2 is 2.23 bits per heavy atom. The van der Waals surface area contributed by atoms with Crippen molar-refractivity contribution in [3.8, 4) is 12.3 Å². The van der Waals surface area contributed by atoms with Crippen molar-refractivity contribution < 1.29 is 4.92 Å². The lowest BCUT2D eigenvalue weighted by Crippen LogP contribution is -1.94. The van der Waals surface area contributed by atoms with E-state index < -0.39 is 4.92 Å². The maximum Gasteiger partial charge on any atom is 0.285 e. The second-order valence-electron chi connectivity index (χ2n) is 2.28. The number of nitro benzene ring substituents is 1. The molecule has 0 saturated heterocycles. The lowest BCUT2D eigenvalue weighted by Gasteiger charge is -1.98. The third kappa shape index (κ3) is 1.57. The average molecular weight is 172 g/mol. The van der Waals surface area contributed by atoms with Crippen LogP contribution in [0.4, 0.5) is 5.69 Å². The van der Waals surface area contributed by atoms with E-state index in [4.69, 9.17) is 6.42 Å². The standard InChI is InChI=1S/C10H6NO2/c1-3-8-6-5-7-10(11(12)13)9(8)4-2/h2,5-7H,1H2. The molecule has 3 nitrogen and oxygen atoms in total. The van der Waals surface area contributed by atoms with E-state index in [1.165, 1.54) is 6.07 Å². The van der Waals surface area contributed by atoms with Crippen molar-refractivity contribution in [2.75, 3.05) is 0 Å². The van der Waals surface area contributed by atoms with Crippen molar-refractivity contribution >= 4 is 5.69 Å². The maximum absolute atomic E-state index is 10.5. The van der Waals surface area contributed by atoms with E-state index in [1.807, 2.05) is 0 Å². The minimum atomic E-state index is -0.518. The Morgan fingerprint density at radius 3 is 2.69 bits per heavy atom. The molecule has 0 aliphatic heterocycles. The van der Waals surface area contributed by atoms with Crippen LogP contribution in [0.2, 0.25) is 0 Å². The molecule has 0 N–H and O–H groups in total. The first-order valence-corrected chi connectivity index (χ1v) is 3.48. The zero-order valence-corrected chi connectivity index (χ0v) is 6.78. The molecule has 0 heterocycles. The molecule has 0 spiro atoms. The summed E-state index contributed by atoms with van der Waals surface area (Å²) in [7, 11) is 0. The molecular weight excluding hydrogens is 166 g/mol. The molecule has 3 heteroatoms. The molecule has 63 valence electrons. The Balaban J connectivity index is 3.46. The minimum Gasteiger partial charge on any atom is -0.258 e. The predicted molar refractivity (Wildman–Crippen MR) is 49.0 cm³/mol. The summed E-state index contributed by atoms with van der Waals surface area (Å²) in [6.07, 6.45) is 7.69. The fourth-order valence-electron chi connectivity index (χ4n) is 0.991. The molecule has 0 bridgehead atoms. The summed E-state index contributed by atoms with van der Waals surface area (Å²) in [5.41, 5.74) is 0.621. The molecule has 0 saturated carbocycles. The Labute approximate surface area is 75.9 Å². The Hall–Kier alpha value is -2.08. The van der Waals surface area contributed by atoms with Gasteiger partial charge in [0.05, 0.1) is 4.92 Å². The van der Waals surface area contributed by atoms with E-state index in [2.05, 4.69) is 18.6 Å². The van der Waals surface area contributed by atoms with Crippen LogP contribution in [0.3, 0.4) is 0 Å². The van der Waals surface area contributed by atoms with Gasteiger partial charge >= 0.3 is 0 Å². The third-order valence-corrected chi connectivity index (χ3v) is 1.57. The van der Waals surface area contributed by atoms with Crippen molar-refractivity contribution in [3.05, 3.63) is 52.1 Å². The van der Waals surface area contributed by atoms with Gasteiger partial charge in [-0.3, -0.25) is 10.1 Å². The van der Waals surface area contributed by atoms with Crippen LogP contribution in [0.25, 0.3) is 0 Å². The van der Waals surface area contributed by atoms with Gasteiger partial charge in [-0.2, -0.15) is 0 Å². The molecule has 0 atom stereocenters. The van der Waals surface area contributed by atoms with Crippen LogP contribution in [-0.2, 0) is 0 Å². The topological polar surface area (TPSA) is 43.1 Å². The van der Waals surface area contributed by atoms with Gasteiger partial charge in [-0.25, -0.2) is 0 Å². The van der Waals surface area contributed by atoms with Crippen molar-refractivity contribution in [2.45, 2.75) is 0 Å². The van der Waals surface area contributed by atoms with Gasteiger partial charge in [0.2, 0.25) is 0 Å². The van der Waals surface area contributed by atoms with E-state index >= 15 is 0 Å². The first kappa shape index (κ1) is 9.01. The molecule has 0 unspecified atom stereocenters. The average Bonchev–Trinajstić information content (AvgIpc) is 2.16. The van der Waals surface area contributed by atoms with E-state index in [1.54, 1.807) is 12.1 Å². The molecule has 1 aromatic rings. The molecule has 0 aliphatic carbocycles. The van der Waals surface area contributed by atoms with Gasteiger partial charge in [-0.15, -0.1) is 6.42 Å². The monoisotopic (exact) mass is 172 g/mol. The molecule has 0 fully saturated rings. The van der Waals surface area contributed by atoms with Gasteiger partial charge in [0, 0.05) is 11.6 Å². The lowest BCUT2D eigenvalue weighted by molar-refractivity contribution is -0.385. The number of nitrogens with zero attached hydrogens (tertiary/aromatic N) is 1. The molecule has 0 amide bonds. The van der Waals surface area contributed by atoms with Gasteiger partial charge in [-0.05, 0) is 6.08 Å². The van der Waals surface area contributed by atoms with Crippen molar-refractivity contribution in [3.63, 3.8) is 0 Å². The van der Waals surface area contributed by atoms with Crippen LogP contribution >= 0.6 is 0 Å². The summed E-state index contributed by atoms with van der Waals surface area (Å²) in [6, 6.07) is 4.54. The van der Waals surface area contributed by atoms with E-state index in [0.717, 1.165) is 0 Å². The lowest BCUT2D eigenvalue weighted by atomic mass is 10.1. The zero-order chi connectivity index (χ0) is 9.84. The molecule has 13 heavy (non-hydrogen) atoms. The van der Waals surface area contributed by atoms with Gasteiger partial charge in [0.25, 0.3) is 5.69 Å². The van der Waals surface area contributed by atoms with Crippen LogP contribution in [0.1, 0.15) is 11.1 Å². The highest BCUT2D eigenvalue weighted by Crippen LogP contribution is 2.20. The molecule has 0 aromatic heterocycles. The first-order valence-electron chi connectivity index (χ1n) is 3.48. The van der Waals surface area contributed by atoms with E-state index in [9.17, 15) is 10.1 Å². The summed E-state index contributed by atoms with van der Waals surface area (Å²) in [5.74, 6) is 2.25. The quantitative estimate of drug-likeness (QED) is 0.388. The van der Waals surface area contributed by atoms with Crippen molar-refractivity contribution in [2.24, 2.45) is 0 Å². The smallest absolute Gasteiger partial charge is 0.258 e. The van der Waals surface area contributed by atoms with Crippen LogP contribution in [0.15, 0.2) is 24.8 Å². The second kappa shape index (κ2) is 3.55. The fourth-order valence-corrected chi connectivity index (χ4v) is 0.991. The van der Waals surface area contributed by atoms with Crippen molar-refractivity contribution in [1.29, 1.82) is 0 Å². The Bertz CT molecular complexity index is 402. The summed E-state index contributed by atoms with van der Waals surface area (Å²) in [4.78, 5) is 9.99. The van der Waals surface area contributed by atoms with E-state index in [0.29, 0.717) is 5.56 Å². The summed E-state index contributed by atoms with van der Waals surface area (Å²) in [5, 5.41) is 10.5. The number of nitro groups is 1. The summed E-state index contributed by atoms with van der Waals surface area (Å²) in [6.45, 7) is 3.40. The Kier molecular flexibility index (Phi) is 2.46.